The van der Waals surface area contributed by atoms with Gasteiger partial charge in [0, 0.05) is 12.0 Å². The van der Waals surface area contributed by atoms with Crippen LogP contribution in [0.2, 0.25) is 0 Å². The van der Waals surface area contributed by atoms with E-state index >= 15 is 0 Å². The third-order valence-electron chi connectivity index (χ3n) is 2.76. The van der Waals surface area contributed by atoms with E-state index in [0.717, 1.165) is 12.3 Å². The van der Waals surface area contributed by atoms with Gasteiger partial charge in [0.05, 0.1) is 0 Å². The molecule has 1 amide bonds. The molecule has 2 unspecified atom stereocenters. The van der Waals surface area contributed by atoms with Crippen LogP contribution in [-0.4, -0.2) is 11.4 Å². The molecule has 56 valence electrons. The Kier molecular flexibility index (Phi) is 1.08. The Morgan fingerprint density at radius 2 is 2.40 bits per heavy atom. The molecular weight excluding hydrogens is 126 g/mol. The van der Waals surface area contributed by atoms with Gasteiger partial charge in [-0.3, -0.25) is 4.79 Å². The number of nitrogens with one attached hydrogen (secondary N) is 1. The number of hydrogen-bond acceptors (Lipinski definition) is 1. The number of amides is 1. The van der Waals surface area contributed by atoms with E-state index in [9.17, 15) is 4.79 Å². The first-order valence-corrected chi connectivity index (χ1v) is 4.01. The van der Waals surface area contributed by atoms with Gasteiger partial charge in [0.25, 0.3) is 0 Å². The molecule has 0 aromatic rings. The highest BCUT2D eigenvalue weighted by Crippen LogP contribution is 2.40. The predicted molar refractivity (Wildman–Crippen MR) is 38.5 cm³/mol. The third-order valence-corrected chi connectivity index (χ3v) is 2.76. The molecule has 1 saturated heterocycles. The molecule has 2 nitrogen and oxygen atoms in total. The second kappa shape index (κ2) is 1.74. The predicted octanol–water partition coefficient (Wildman–Crippen LogP) is 1.07. The average Bonchev–Trinajstić information content (AvgIpc) is 2.10. The van der Waals surface area contributed by atoms with Gasteiger partial charge in [0.2, 0.25) is 5.91 Å². The summed E-state index contributed by atoms with van der Waals surface area (Å²) in [5.41, 5.74) is 0.260. The van der Waals surface area contributed by atoms with E-state index in [2.05, 4.69) is 12.2 Å². The number of β-lactam (4-membered cyclic amide) rings is 1. The van der Waals surface area contributed by atoms with Gasteiger partial charge in [-0.15, -0.1) is 0 Å². The standard InChI is InChI=1S/C8H13NO/c1-6-2-3-8(4-6)5-7(10)9-8/h6H,2-5H2,1H3,(H,9,10). The van der Waals surface area contributed by atoms with Crippen LogP contribution >= 0.6 is 0 Å². The lowest BCUT2D eigenvalue weighted by Gasteiger charge is -2.39. The van der Waals surface area contributed by atoms with E-state index in [1.807, 2.05) is 0 Å². The average molecular weight is 139 g/mol. The van der Waals surface area contributed by atoms with Gasteiger partial charge >= 0.3 is 0 Å². The molecule has 0 aromatic heterocycles. The molecule has 1 aliphatic heterocycles. The van der Waals surface area contributed by atoms with Crippen molar-refractivity contribution < 1.29 is 4.79 Å². The molecule has 0 aromatic carbocycles. The van der Waals surface area contributed by atoms with Gasteiger partial charge in [-0.1, -0.05) is 6.92 Å². The van der Waals surface area contributed by atoms with Crippen LogP contribution in [0, 0.1) is 5.92 Å². The van der Waals surface area contributed by atoms with E-state index in [-0.39, 0.29) is 11.4 Å². The lowest BCUT2D eigenvalue weighted by Crippen LogP contribution is -2.59. The monoisotopic (exact) mass is 139 g/mol. The molecule has 1 saturated carbocycles. The topological polar surface area (TPSA) is 29.1 Å². The van der Waals surface area contributed by atoms with Crippen molar-refractivity contribution in [3.63, 3.8) is 0 Å². The Hall–Kier alpha value is -0.530. The molecule has 10 heavy (non-hydrogen) atoms. The summed E-state index contributed by atoms with van der Waals surface area (Å²) < 4.78 is 0. The Bertz CT molecular complexity index is 168. The van der Waals surface area contributed by atoms with Gasteiger partial charge in [-0.25, -0.2) is 0 Å². The molecule has 0 bridgehead atoms. The summed E-state index contributed by atoms with van der Waals surface area (Å²) in [4.78, 5) is 10.7. The van der Waals surface area contributed by atoms with Gasteiger partial charge in [-0.05, 0) is 25.2 Å². The summed E-state index contributed by atoms with van der Waals surface area (Å²) in [6.45, 7) is 2.26. The number of carbonyl (C=O) groups is 1. The van der Waals surface area contributed by atoms with Gasteiger partial charge < -0.3 is 5.32 Å². The fourth-order valence-corrected chi connectivity index (χ4v) is 2.25. The Morgan fingerprint density at radius 3 is 2.80 bits per heavy atom. The molecule has 2 heteroatoms. The van der Waals surface area contributed by atoms with Crippen LogP contribution in [0.3, 0.4) is 0 Å². The molecule has 2 fully saturated rings. The largest absolute Gasteiger partial charge is 0.350 e. The van der Waals surface area contributed by atoms with Crippen molar-refractivity contribution in [1.29, 1.82) is 0 Å². The van der Waals surface area contributed by atoms with Crippen molar-refractivity contribution in [3.05, 3.63) is 0 Å². The third kappa shape index (κ3) is 0.746. The van der Waals surface area contributed by atoms with E-state index in [0.29, 0.717) is 0 Å². The van der Waals surface area contributed by atoms with Gasteiger partial charge in [-0.2, -0.15) is 0 Å². The number of hydrogen-bond donors (Lipinski definition) is 1. The van der Waals surface area contributed by atoms with E-state index in [4.69, 9.17) is 0 Å². The van der Waals surface area contributed by atoms with Gasteiger partial charge in [0.1, 0.15) is 0 Å². The van der Waals surface area contributed by atoms with Gasteiger partial charge in [0.15, 0.2) is 0 Å². The fraction of sp³-hybridized carbons (Fsp3) is 0.875. The van der Waals surface area contributed by atoms with Crippen LogP contribution in [0.4, 0.5) is 0 Å². The molecule has 2 aliphatic rings. The molecule has 2 rings (SSSR count). The molecule has 1 heterocycles. The zero-order valence-corrected chi connectivity index (χ0v) is 6.31. The van der Waals surface area contributed by atoms with Crippen LogP contribution in [0.1, 0.15) is 32.6 Å². The minimum Gasteiger partial charge on any atom is -0.350 e. The zero-order chi connectivity index (χ0) is 7.19. The highest BCUT2D eigenvalue weighted by molar-refractivity contribution is 5.84. The first-order chi connectivity index (χ1) is 4.70. The molecule has 2 atom stereocenters. The van der Waals surface area contributed by atoms with Crippen molar-refractivity contribution >= 4 is 5.91 Å². The quantitative estimate of drug-likeness (QED) is 0.500. The van der Waals surface area contributed by atoms with Crippen molar-refractivity contribution in [2.45, 2.75) is 38.1 Å². The smallest absolute Gasteiger partial charge is 0.222 e. The van der Waals surface area contributed by atoms with E-state index in [1.54, 1.807) is 0 Å². The summed E-state index contributed by atoms with van der Waals surface area (Å²) in [6, 6.07) is 0. The number of carbonyl (C=O) groups excluding carboxylic acids is 1. The maximum atomic E-state index is 10.7. The molecule has 0 radical (unpaired) electrons. The first-order valence-electron chi connectivity index (χ1n) is 4.01. The minimum atomic E-state index is 0.245. The zero-order valence-electron chi connectivity index (χ0n) is 6.31. The summed E-state index contributed by atoms with van der Waals surface area (Å²) in [5, 5.41) is 3.01. The molecule has 1 spiro atoms. The Morgan fingerprint density at radius 1 is 1.70 bits per heavy atom. The van der Waals surface area contributed by atoms with Crippen LogP contribution in [0.15, 0.2) is 0 Å². The van der Waals surface area contributed by atoms with E-state index in [1.165, 1.54) is 19.3 Å². The summed E-state index contributed by atoms with van der Waals surface area (Å²) in [7, 11) is 0. The van der Waals surface area contributed by atoms with Crippen LogP contribution in [0.5, 0.6) is 0 Å². The van der Waals surface area contributed by atoms with Crippen molar-refractivity contribution in [2.75, 3.05) is 0 Å². The lowest BCUT2D eigenvalue weighted by atomic mass is 9.85. The summed E-state index contributed by atoms with van der Waals surface area (Å²) in [5.74, 6) is 1.06. The molecular formula is C8H13NO. The SMILES string of the molecule is CC1CCC2(CC(=O)N2)C1. The summed E-state index contributed by atoms with van der Waals surface area (Å²) >= 11 is 0. The summed E-state index contributed by atoms with van der Waals surface area (Å²) in [6.07, 6.45) is 4.50. The van der Waals surface area contributed by atoms with Crippen molar-refractivity contribution in [3.8, 4) is 0 Å². The van der Waals surface area contributed by atoms with Crippen LogP contribution < -0.4 is 5.32 Å². The Labute approximate surface area is 61.0 Å². The Balaban J connectivity index is 2.01. The van der Waals surface area contributed by atoms with Crippen LogP contribution in [-0.2, 0) is 4.79 Å². The highest BCUT2D eigenvalue weighted by atomic mass is 16.2. The van der Waals surface area contributed by atoms with Crippen LogP contribution in [0.25, 0.3) is 0 Å². The molecule has 1 N–H and O–H groups in total. The minimum absolute atomic E-state index is 0.245. The lowest BCUT2D eigenvalue weighted by molar-refractivity contribution is -0.132. The normalized spacial score (nSPS) is 45.3. The second-order valence-corrected chi connectivity index (χ2v) is 3.85. The fourth-order valence-electron chi connectivity index (χ4n) is 2.25. The van der Waals surface area contributed by atoms with Crippen molar-refractivity contribution in [2.24, 2.45) is 5.92 Å². The van der Waals surface area contributed by atoms with Crippen molar-refractivity contribution in [1.82, 2.24) is 5.32 Å². The maximum absolute atomic E-state index is 10.7. The highest BCUT2D eigenvalue weighted by Gasteiger charge is 2.46. The maximum Gasteiger partial charge on any atom is 0.222 e. The molecule has 1 aliphatic carbocycles. The second-order valence-electron chi connectivity index (χ2n) is 3.85. The number of rotatable bonds is 0. The van der Waals surface area contributed by atoms with E-state index < -0.39 is 0 Å². The first kappa shape index (κ1) is 6.20.